The van der Waals surface area contributed by atoms with Crippen LogP contribution in [0.5, 0.6) is 0 Å². The number of benzene rings is 1. The average Bonchev–Trinajstić information content (AvgIpc) is 2.69. The third kappa shape index (κ3) is 2.02. The van der Waals surface area contributed by atoms with Gasteiger partial charge in [-0.15, -0.1) is 0 Å². The highest BCUT2D eigenvalue weighted by Crippen LogP contribution is 2.40. The molecule has 2 rings (SSSR count). The Morgan fingerprint density at radius 2 is 2.07 bits per heavy atom. The van der Waals surface area contributed by atoms with E-state index in [2.05, 4.69) is 0 Å². The summed E-state index contributed by atoms with van der Waals surface area (Å²) < 4.78 is 26.5. The molecule has 0 spiro atoms. The van der Waals surface area contributed by atoms with Crippen LogP contribution in [0, 0.1) is 17.6 Å². The first-order valence-electron chi connectivity index (χ1n) is 5.28. The van der Waals surface area contributed by atoms with E-state index in [4.69, 9.17) is 5.11 Å². The Bertz CT molecular complexity index is 351. The lowest BCUT2D eigenvalue weighted by Crippen LogP contribution is -2.12. The van der Waals surface area contributed by atoms with Gasteiger partial charge in [0.15, 0.2) is 0 Å². The van der Waals surface area contributed by atoms with Crippen molar-refractivity contribution in [1.82, 2.24) is 0 Å². The molecular weight excluding hydrogens is 198 g/mol. The van der Waals surface area contributed by atoms with Crippen LogP contribution in [0.3, 0.4) is 0 Å². The second-order valence-corrected chi connectivity index (χ2v) is 4.15. The van der Waals surface area contributed by atoms with Crippen LogP contribution in [0.4, 0.5) is 8.78 Å². The third-order valence-electron chi connectivity index (χ3n) is 3.25. The van der Waals surface area contributed by atoms with Crippen LogP contribution in [0.2, 0.25) is 0 Å². The molecular formula is C12H14F2O. The molecule has 1 saturated carbocycles. The van der Waals surface area contributed by atoms with E-state index in [1.807, 2.05) is 0 Å². The van der Waals surface area contributed by atoms with E-state index < -0.39 is 5.82 Å². The van der Waals surface area contributed by atoms with Crippen LogP contribution in [-0.4, -0.2) is 11.7 Å². The van der Waals surface area contributed by atoms with Gasteiger partial charge in [0.2, 0.25) is 0 Å². The van der Waals surface area contributed by atoms with Gasteiger partial charge < -0.3 is 5.11 Å². The summed E-state index contributed by atoms with van der Waals surface area (Å²) in [6.07, 6.45) is 2.72. The van der Waals surface area contributed by atoms with Crippen molar-refractivity contribution in [3.05, 3.63) is 35.4 Å². The number of hydrogen-bond donors (Lipinski definition) is 1. The molecule has 0 unspecified atom stereocenters. The first kappa shape index (κ1) is 10.6. The number of aliphatic hydroxyl groups is 1. The van der Waals surface area contributed by atoms with Gasteiger partial charge in [-0.1, -0.05) is 6.42 Å². The molecule has 1 aromatic carbocycles. The molecule has 0 radical (unpaired) electrons. The van der Waals surface area contributed by atoms with Gasteiger partial charge in [0.25, 0.3) is 0 Å². The van der Waals surface area contributed by atoms with E-state index in [1.54, 1.807) is 0 Å². The Kier molecular flexibility index (Phi) is 3.00. The van der Waals surface area contributed by atoms with Gasteiger partial charge >= 0.3 is 0 Å². The quantitative estimate of drug-likeness (QED) is 0.799. The molecule has 1 nitrogen and oxygen atoms in total. The van der Waals surface area contributed by atoms with Crippen molar-refractivity contribution < 1.29 is 13.9 Å². The van der Waals surface area contributed by atoms with Crippen LogP contribution in [0.15, 0.2) is 18.2 Å². The van der Waals surface area contributed by atoms with Crippen molar-refractivity contribution in [1.29, 1.82) is 0 Å². The largest absolute Gasteiger partial charge is 0.396 e. The van der Waals surface area contributed by atoms with Gasteiger partial charge in [-0.2, -0.15) is 0 Å². The topological polar surface area (TPSA) is 20.2 Å². The Morgan fingerprint density at radius 3 is 2.80 bits per heavy atom. The minimum Gasteiger partial charge on any atom is -0.396 e. The summed E-state index contributed by atoms with van der Waals surface area (Å²) in [4.78, 5) is 0. The normalized spacial score (nSPS) is 25.8. The van der Waals surface area contributed by atoms with Crippen molar-refractivity contribution in [2.24, 2.45) is 5.92 Å². The fraction of sp³-hybridized carbons (Fsp3) is 0.500. The minimum atomic E-state index is -0.407. The van der Waals surface area contributed by atoms with Crippen molar-refractivity contribution in [2.75, 3.05) is 6.61 Å². The first-order valence-corrected chi connectivity index (χ1v) is 5.28. The lowest BCUT2D eigenvalue weighted by Gasteiger charge is -2.18. The zero-order valence-corrected chi connectivity index (χ0v) is 8.42. The van der Waals surface area contributed by atoms with Crippen LogP contribution < -0.4 is 0 Å². The molecule has 0 saturated heterocycles. The average molecular weight is 212 g/mol. The minimum absolute atomic E-state index is 0.0225. The van der Waals surface area contributed by atoms with E-state index in [9.17, 15) is 8.78 Å². The van der Waals surface area contributed by atoms with Crippen LogP contribution in [0.1, 0.15) is 30.7 Å². The van der Waals surface area contributed by atoms with Gasteiger partial charge in [0, 0.05) is 6.61 Å². The lowest BCUT2D eigenvalue weighted by atomic mass is 9.89. The third-order valence-corrected chi connectivity index (χ3v) is 3.25. The summed E-state index contributed by atoms with van der Waals surface area (Å²) in [6.45, 7) is 0.0562. The number of aliphatic hydroxyl groups excluding tert-OH is 1. The Balaban J connectivity index is 2.31. The summed E-state index contributed by atoms with van der Waals surface area (Å²) in [5.74, 6) is -0.705. The molecule has 0 aromatic heterocycles. The molecule has 0 aliphatic heterocycles. The highest BCUT2D eigenvalue weighted by atomic mass is 19.1. The number of halogens is 2. The van der Waals surface area contributed by atoms with Crippen LogP contribution in [0.25, 0.3) is 0 Å². The summed E-state index contributed by atoms with van der Waals surface area (Å²) in [7, 11) is 0. The number of hydrogen-bond acceptors (Lipinski definition) is 1. The Labute approximate surface area is 87.7 Å². The van der Waals surface area contributed by atoms with Gasteiger partial charge in [-0.25, -0.2) is 8.78 Å². The summed E-state index contributed by atoms with van der Waals surface area (Å²) in [5.41, 5.74) is 0.423. The second-order valence-electron chi connectivity index (χ2n) is 4.15. The van der Waals surface area contributed by atoms with E-state index in [0.717, 1.165) is 31.4 Å². The highest BCUT2D eigenvalue weighted by molar-refractivity contribution is 5.24. The molecule has 2 atom stereocenters. The van der Waals surface area contributed by atoms with E-state index >= 15 is 0 Å². The summed E-state index contributed by atoms with van der Waals surface area (Å²) in [5, 5.41) is 9.14. The molecule has 1 fully saturated rings. The standard InChI is InChI=1S/C12H14F2O/c13-9-4-5-12(14)11(6-9)10-3-1-2-8(10)7-15/h4-6,8,10,15H,1-3,7H2/t8-,10+/m0/s1. The molecule has 0 bridgehead atoms. The molecule has 3 heteroatoms. The van der Waals surface area contributed by atoms with Gasteiger partial charge in [0.05, 0.1) is 0 Å². The first-order chi connectivity index (χ1) is 7.22. The monoisotopic (exact) mass is 212 g/mol. The molecule has 1 aromatic rings. The van der Waals surface area contributed by atoms with Crippen LogP contribution >= 0.6 is 0 Å². The lowest BCUT2D eigenvalue weighted by molar-refractivity contribution is 0.216. The molecule has 1 N–H and O–H groups in total. The zero-order valence-electron chi connectivity index (χ0n) is 8.42. The second kappa shape index (κ2) is 4.27. The maximum atomic E-state index is 13.5. The molecule has 1 aliphatic carbocycles. The predicted molar refractivity (Wildman–Crippen MR) is 53.5 cm³/mol. The molecule has 1 aliphatic rings. The SMILES string of the molecule is OC[C@@H]1CCC[C@H]1c1cc(F)ccc1F. The zero-order chi connectivity index (χ0) is 10.8. The Hall–Kier alpha value is -0.960. The van der Waals surface area contributed by atoms with Gasteiger partial charge in [-0.05, 0) is 48.4 Å². The predicted octanol–water partition coefficient (Wildman–Crippen LogP) is 2.84. The molecule has 0 heterocycles. The van der Waals surface area contributed by atoms with E-state index in [1.165, 1.54) is 6.07 Å². The van der Waals surface area contributed by atoms with Crippen molar-refractivity contribution in [3.63, 3.8) is 0 Å². The molecule has 0 amide bonds. The van der Waals surface area contributed by atoms with Gasteiger partial charge in [0.1, 0.15) is 11.6 Å². The molecule has 82 valence electrons. The van der Waals surface area contributed by atoms with Crippen LogP contribution in [-0.2, 0) is 0 Å². The smallest absolute Gasteiger partial charge is 0.126 e. The fourth-order valence-corrected chi connectivity index (χ4v) is 2.46. The summed E-state index contributed by atoms with van der Waals surface area (Å²) in [6, 6.07) is 3.55. The fourth-order valence-electron chi connectivity index (χ4n) is 2.46. The highest BCUT2D eigenvalue weighted by Gasteiger charge is 2.29. The van der Waals surface area contributed by atoms with Crippen molar-refractivity contribution in [3.8, 4) is 0 Å². The summed E-state index contributed by atoms with van der Waals surface area (Å²) >= 11 is 0. The van der Waals surface area contributed by atoms with E-state index in [-0.39, 0.29) is 24.3 Å². The van der Waals surface area contributed by atoms with Gasteiger partial charge in [-0.3, -0.25) is 0 Å². The maximum absolute atomic E-state index is 13.5. The Morgan fingerprint density at radius 1 is 1.27 bits per heavy atom. The number of rotatable bonds is 2. The van der Waals surface area contributed by atoms with E-state index in [0.29, 0.717) is 5.56 Å². The van der Waals surface area contributed by atoms with Crippen molar-refractivity contribution >= 4 is 0 Å². The molecule has 15 heavy (non-hydrogen) atoms. The maximum Gasteiger partial charge on any atom is 0.126 e. The van der Waals surface area contributed by atoms with Crippen molar-refractivity contribution in [2.45, 2.75) is 25.2 Å².